The average Bonchev–Trinajstić information content (AvgIpc) is 2.58. The van der Waals surface area contributed by atoms with E-state index in [1.165, 1.54) is 12.4 Å². The number of benzene rings is 1. The van der Waals surface area contributed by atoms with Gasteiger partial charge in [-0.25, -0.2) is 13.8 Å². The fourth-order valence-electron chi connectivity index (χ4n) is 2.32. The summed E-state index contributed by atoms with van der Waals surface area (Å²) in [5.41, 5.74) is 5.17. The van der Waals surface area contributed by atoms with Crippen LogP contribution in [0.2, 0.25) is 0 Å². The quantitative estimate of drug-likeness (QED) is 0.399. The first-order valence-electron chi connectivity index (χ1n) is 7.72. The number of aromatic nitrogens is 2. The lowest BCUT2D eigenvalue weighted by atomic mass is 9.91. The highest BCUT2D eigenvalue weighted by atomic mass is 79.9. The molecule has 0 saturated heterocycles. The summed E-state index contributed by atoms with van der Waals surface area (Å²) in [5.74, 6) is -3.67. The monoisotopic (exact) mass is 448 g/mol. The maximum atomic E-state index is 12.8. The van der Waals surface area contributed by atoms with Crippen molar-refractivity contribution in [3.8, 4) is 17.0 Å². The number of hydrogen-bond donors (Lipinski definition) is 2. The zero-order chi connectivity index (χ0) is 19.7. The Bertz CT molecular complexity index is 805. The van der Waals surface area contributed by atoms with Gasteiger partial charge in [-0.1, -0.05) is 0 Å². The van der Waals surface area contributed by atoms with E-state index in [2.05, 4.69) is 15.4 Å². The van der Waals surface area contributed by atoms with Crippen LogP contribution in [0.1, 0.15) is 12.8 Å². The van der Waals surface area contributed by atoms with Gasteiger partial charge in [0, 0.05) is 34.3 Å². The fourth-order valence-corrected chi connectivity index (χ4v) is 2.42. The molecule has 1 saturated carbocycles. The van der Waals surface area contributed by atoms with E-state index in [1.807, 2.05) is 15.9 Å². The molecule has 0 bridgehead atoms. The van der Waals surface area contributed by atoms with Gasteiger partial charge < -0.3 is 4.74 Å². The number of halogens is 5. The molecule has 1 aliphatic carbocycles. The molecule has 3 rings (SSSR count). The normalized spacial score (nSPS) is 16.3. The Morgan fingerprint density at radius 1 is 1.19 bits per heavy atom. The summed E-state index contributed by atoms with van der Waals surface area (Å²) in [6.07, 6.45) is 1.57. The van der Waals surface area contributed by atoms with E-state index in [0.29, 0.717) is 17.0 Å². The van der Waals surface area contributed by atoms with Crippen molar-refractivity contribution in [1.29, 1.82) is 0 Å². The number of nitrogens with zero attached hydrogens (tertiary/aromatic N) is 2. The Labute approximate surface area is 159 Å². The molecular formula is C16H13BrF4N4O2. The van der Waals surface area contributed by atoms with Crippen molar-refractivity contribution in [2.75, 3.05) is 5.43 Å². The van der Waals surface area contributed by atoms with E-state index in [4.69, 9.17) is 4.74 Å². The van der Waals surface area contributed by atoms with Gasteiger partial charge in [0.25, 0.3) is 5.92 Å². The summed E-state index contributed by atoms with van der Waals surface area (Å²) in [6, 6.07) is 6.66. The lowest BCUT2D eigenvalue weighted by molar-refractivity contribution is -0.134. The molecule has 0 spiro atoms. The smallest absolute Gasteiger partial charge is 0.379 e. The van der Waals surface area contributed by atoms with E-state index >= 15 is 0 Å². The highest BCUT2D eigenvalue weighted by Crippen LogP contribution is 2.39. The fraction of sp³-hybridized carbons (Fsp3) is 0.312. The molecule has 144 valence electrons. The molecule has 2 aromatic rings. The van der Waals surface area contributed by atoms with Crippen LogP contribution < -0.4 is 15.6 Å². The number of hydrazine groups is 1. The van der Waals surface area contributed by atoms with Crippen LogP contribution >= 0.6 is 15.9 Å². The predicted octanol–water partition coefficient (Wildman–Crippen LogP) is 3.75. The second-order valence-corrected chi connectivity index (χ2v) is 6.89. The van der Waals surface area contributed by atoms with Crippen LogP contribution in [0.15, 0.2) is 36.7 Å². The summed E-state index contributed by atoms with van der Waals surface area (Å²) >= 11 is 1.93. The van der Waals surface area contributed by atoms with Crippen molar-refractivity contribution in [2.45, 2.75) is 29.7 Å². The molecule has 11 heteroatoms. The lowest BCUT2D eigenvalue weighted by Crippen LogP contribution is -2.43. The molecule has 0 aliphatic heterocycles. The number of rotatable bonds is 6. The van der Waals surface area contributed by atoms with Crippen molar-refractivity contribution in [1.82, 2.24) is 15.4 Å². The van der Waals surface area contributed by atoms with E-state index in [-0.39, 0.29) is 18.7 Å². The zero-order valence-electron chi connectivity index (χ0n) is 13.6. The van der Waals surface area contributed by atoms with Crippen molar-refractivity contribution in [3.05, 3.63) is 36.7 Å². The first-order valence-corrected chi connectivity index (χ1v) is 8.52. The molecule has 1 amide bonds. The Balaban J connectivity index is 1.56. The molecule has 1 heterocycles. The number of anilines is 1. The summed E-state index contributed by atoms with van der Waals surface area (Å²) < 4.78 is 56.4. The Morgan fingerprint density at radius 3 is 2.37 bits per heavy atom. The third kappa shape index (κ3) is 5.06. The number of ether oxygens (including phenoxy) is 1. The van der Waals surface area contributed by atoms with Crippen LogP contribution in [-0.4, -0.2) is 32.7 Å². The van der Waals surface area contributed by atoms with Gasteiger partial charge in [-0.05, 0) is 24.3 Å². The van der Waals surface area contributed by atoms with Crippen LogP contribution in [0.4, 0.5) is 23.4 Å². The molecule has 1 aromatic carbocycles. The van der Waals surface area contributed by atoms with Crippen molar-refractivity contribution >= 4 is 27.7 Å². The van der Waals surface area contributed by atoms with Crippen molar-refractivity contribution in [3.63, 3.8) is 0 Å². The number of nitrogens with one attached hydrogen (secondary N) is 2. The molecule has 1 aromatic heterocycles. The Morgan fingerprint density at radius 2 is 1.85 bits per heavy atom. The van der Waals surface area contributed by atoms with Crippen LogP contribution in [0.25, 0.3) is 11.3 Å². The SMILES string of the molecule is O=C(NNc1cnc(-c2ccc(OC3CC(F)(F)C3)cc2)cn1)C(F)(F)Br. The van der Waals surface area contributed by atoms with E-state index in [9.17, 15) is 22.4 Å². The van der Waals surface area contributed by atoms with E-state index < -0.39 is 22.8 Å². The number of carbonyl (C=O) groups is 1. The maximum Gasteiger partial charge on any atom is 0.379 e. The molecule has 0 unspecified atom stereocenters. The molecule has 0 atom stereocenters. The molecule has 1 fully saturated rings. The molecule has 27 heavy (non-hydrogen) atoms. The molecule has 2 N–H and O–H groups in total. The first kappa shape index (κ1) is 19.3. The standard InChI is InChI=1S/C16H13BrF4N4O2/c17-16(20,21)14(26)25-24-13-8-22-12(7-23-13)9-1-3-10(4-2-9)27-11-5-15(18,19)6-11/h1-4,7-8,11H,5-6H2,(H,23,24)(H,25,26). The number of hydrogen-bond acceptors (Lipinski definition) is 5. The van der Waals surface area contributed by atoms with Crippen molar-refractivity contribution in [2.24, 2.45) is 0 Å². The minimum Gasteiger partial charge on any atom is -0.490 e. The number of amides is 1. The second kappa shape index (κ2) is 7.29. The zero-order valence-corrected chi connectivity index (χ0v) is 15.1. The molecule has 6 nitrogen and oxygen atoms in total. The van der Waals surface area contributed by atoms with Gasteiger partial charge in [0.15, 0.2) is 5.82 Å². The largest absolute Gasteiger partial charge is 0.490 e. The highest BCUT2D eigenvalue weighted by Gasteiger charge is 2.46. The minimum atomic E-state index is -3.70. The summed E-state index contributed by atoms with van der Waals surface area (Å²) in [4.78, 5) is 15.4. The van der Waals surface area contributed by atoms with Crippen LogP contribution in [0, 0.1) is 0 Å². The molecular weight excluding hydrogens is 436 g/mol. The van der Waals surface area contributed by atoms with Gasteiger partial charge >= 0.3 is 10.7 Å². The first-order chi connectivity index (χ1) is 12.6. The average molecular weight is 449 g/mol. The predicted molar refractivity (Wildman–Crippen MR) is 91.7 cm³/mol. The van der Waals surface area contributed by atoms with Gasteiger partial charge in [-0.3, -0.25) is 20.6 Å². The third-order valence-electron chi connectivity index (χ3n) is 3.72. The van der Waals surface area contributed by atoms with Crippen LogP contribution in [0.5, 0.6) is 5.75 Å². The van der Waals surface area contributed by atoms with Gasteiger partial charge in [0.05, 0.1) is 18.1 Å². The van der Waals surface area contributed by atoms with Crippen LogP contribution in [-0.2, 0) is 4.79 Å². The molecule has 1 aliphatic rings. The van der Waals surface area contributed by atoms with E-state index in [0.717, 1.165) is 0 Å². The Kier molecular flexibility index (Phi) is 5.22. The minimum absolute atomic E-state index is 0.0646. The Hall–Kier alpha value is -2.43. The number of carbonyl (C=O) groups excluding carboxylic acids is 1. The van der Waals surface area contributed by atoms with Gasteiger partial charge in [0.1, 0.15) is 11.9 Å². The van der Waals surface area contributed by atoms with Crippen molar-refractivity contribution < 1.29 is 27.1 Å². The highest BCUT2D eigenvalue weighted by molar-refractivity contribution is 9.10. The maximum absolute atomic E-state index is 12.8. The van der Waals surface area contributed by atoms with E-state index in [1.54, 1.807) is 29.7 Å². The van der Waals surface area contributed by atoms with Gasteiger partial charge in [-0.15, -0.1) is 0 Å². The van der Waals surface area contributed by atoms with Crippen LogP contribution in [0.3, 0.4) is 0 Å². The van der Waals surface area contributed by atoms with Gasteiger partial charge in [-0.2, -0.15) is 8.78 Å². The summed E-state index contributed by atoms with van der Waals surface area (Å²) in [6.45, 7) is 0. The topological polar surface area (TPSA) is 76.1 Å². The second-order valence-electron chi connectivity index (χ2n) is 5.89. The van der Waals surface area contributed by atoms with Gasteiger partial charge in [0.2, 0.25) is 0 Å². The number of alkyl halides is 5. The molecule has 0 radical (unpaired) electrons. The lowest BCUT2D eigenvalue weighted by Gasteiger charge is -2.34. The summed E-state index contributed by atoms with van der Waals surface area (Å²) in [5, 5.41) is 0. The summed E-state index contributed by atoms with van der Waals surface area (Å²) in [7, 11) is 0. The third-order valence-corrected chi connectivity index (χ3v) is 4.08.